The van der Waals surface area contributed by atoms with Gasteiger partial charge in [-0.2, -0.15) is 0 Å². The van der Waals surface area contributed by atoms with Crippen molar-refractivity contribution in [2.75, 3.05) is 13.3 Å². The number of hydrogen-bond donors (Lipinski definition) is 2. The van der Waals surface area contributed by atoms with E-state index in [0.717, 1.165) is 12.1 Å². The molecule has 3 rings (SSSR count). The molecule has 0 amide bonds. The van der Waals surface area contributed by atoms with Crippen LogP contribution in [0, 0.1) is 17.5 Å². The zero-order chi connectivity index (χ0) is 19.2. The molecular weight excluding hydrogens is 359 g/mol. The van der Waals surface area contributed by atoms with Crippen LogP contribution in [0.5, 0.6) is 5.75 Å². The second kappa shape index (κ2) is 8.77. The third-order valence-corrected chi connectivity index (χ3v) is 3.95. The number of halogens is 3. The van der Waals surface area contributed by atoms with Crippen molar-refractivity contribution in [1.82, 2.24) is 10.6 Å². The number of nitrogens with zero attached hydrogens (tertiary/aromatic N) is 1. The van der Waals surface area contributed by atoms with Crippen molar-refractivity contribution in [3.05, 3.63) is 64.5 Å². The lowest BCUT2D eigenvalue weighted by Gasteiger charge is -2.21. The monoisotopic (exact) mass is 379 g/mol. The predicted molar refractivity (Wildman–Crippen MR) is 94.7 cm³/mol. The largest absolute Gasteiger partial charge is 0.467 e. The van der Waals surface area contributed by atoms with Gasteiger partial charge in [0.2, 0.25) is 0 Å². The third-order valence-electron chi connectivity index (χ3n) is 3.95. The minimum Gasteiger partial charge on any atom is -0.467 e. The van der Waals surface area contributed by atoms with Gasteiger partial charge in [0.1, 0.15) is 11.6 Å². The van der Waals surface area contributed by atoms with Gasteiger partial charge in [-0.3, -0.25) is 0 Å². The van der Waals surface area contributed by atoms with Gasteiger partial charge in [-0.1, -0.05) is 6.07 Å². The molecule has 2 aromatic carbocycles. The molecule has 0 radical (unpaired) electrons. The van der Waals surface area contributed by atoms with Crippen molar-refractivity contribution < 1.29 is 22.6 Å². The third kappa shape index (κ3) is 4.91. The predicted octanol–water partition coefficient (Wildman–Crippen LogP) is 3.23. The van der Waals surface area contributed by atoms with E-state index in [1.807, 2.05) is 6.92 Å². The summed E-state index contributed by atoms with van der Waals surface area (Å²) in [6, 6.07) is 6.44. The van der Waals surface area contributed by atoms with E-state index in [4.69, 9.17) is 9.47 Å². The molecule has 1 aliphatic heterocycles. The summed E-state index contributed by atoms with van der Waals surface area (Å²) in [4.78, 5) is 4.35. The van der Waals surface area contributed by atoms with E-state index in [1.54, 1.807) is 0 Å². The van der Waals surface area contributed by atoms with Crippen molar-refractivity contribution in [2.24, 2.45) is 4.99 Å². The Morgan fingerprint density at radius 3 is 2.74 bits per heavy atom. The lowest BCUT2D eigenvalue weighted by Crippen LogP contribution is -2.37. The number of benzene rings is 2. The molecule has 0 aromatic heterocycles. The Balaban J connectivity index is 1.71. The summed E-state index contributed by atoms with van der Waals surface area (Å²) in [5, 5.41) is 6.15. The molecule has 0 fully saturated rings. The zero-order valence-electron chi connectivity index (χ0n) is 14.8. The van der Waals surface area contributed by atoms with Gasteiger partial charge in [-0.25, -0.2) is 18.2 Å². The molecule has 0 unspecified atom stereocenters. The van der Waals surface area contributed by atoms with Crippen LogP contribution in [0.1, 0.15) is 23.6 Å². The van der Waals surface area contributed by atoms with Crippen LogP contribution >= 0.6 is 0 Å². The number of guanidine groups is 1. The highest BCUT2D eigenvalue weighted by Gasteiger charge is 2.17. The molecule has 0 atom stereocenters. The molecule has 1 aliphatic rings. The summed E-state index contributed by atoms with van der Waals surface area (Å²) in [7, 11) is 0. The highest BCUT2D eigenvalue weighted by atomic mass is 19.2. The number of rotatable bonds is 5. The fraction of sp³-hybridized carbons (Fsp3) is 0.316. The fourth-order valence-electron chi connectivity index (χ4n) is 2.72. The van der Waals surface area contributed by atoms with Crippen LogP contribution in [0.2, 0.25) is 0 Å². The molecule has 0 bridgehead atoms. The minimum atomic E-state index is -0.911. The van der Waals surface area contributed by atoms with Gasteiger partial charge in [0.05, 0.1) is 13.2 Å². The molecular formula is C19H20F3N3O2. The first-order valence-corrected chi connectivity index (χ1v) is 8.54. The van der Waals surface area contributed by atoms with E-state index in [-0.39, 0.29) is 25.7 Å². The summed E-state index contributed by atoms with van der Waals surface area (Å²) in [5.41, 5.74) is 1.84. The van der Waals surface area contributed by atoms with Gasteiger partial charge in [-0.05, 0) is 36.8 Å². The Morgan fingerprint density at radius 2 is 1.96 bits per heavy atom. The normalized spacial score (nSPS) is 13.7. The Labute approximate surface area is 155 Å². The highest BCUT2D eigenvalue weighted by Crippen LogP contribution is 2.29. The van der Waals surface area contributed by atoms with E-state index in [0.29, 0.717) is 41.6 Å². The summed E-state index contributed by atoms with van der Waals surface area (Å²) < 4.78 is 50.8. The maximum atomic E-state index is 13.8. The molecule has 5 nitrogen and oxygen atoms in total. The van der Waals surface area contributed by atoms with Gasteiger partial charge >= 0.3 is 0 Å². The van der Waals surface area contributed by atoms with Crippen LogP contribution in [0.3, 0.4) is 0 Å². The summed E-state index contributed by atoms with van der Waals surface area (Å²) in [6.45, 7) is 3.37. The quantitative estimate of drug-likeness (QED) is 0.619. The van der Waals surface area contributed by atoms with Crippen molar-refractivity contribution in [3.63, 3.8) is 0 Å². The molecule has 0 saturated carbocycles. The molecule has 0 spiro atoms. The van der Waals surface area contributed by atoms with E-state index >= 15 is 0 Å². The summed E-state index contributed by atoms with van der Waals surface area (Å²) >= 11 is 0. The summed E-state index contributed by atoms with van der Waals surface area (Å²) in [5.74, 6) is -1.11. The van der Waals surface area contributed by atoms with Crippen molar-refractivity contribution in [3.8, 4) is 5.75 Å². The van der Waals surface area contributed by atoms with E-state index in [2.05, 4.69) is 15.6 Å². The molecule has 0 aliphatic carbocycles. The molecule has 2 aromatic rings. The highest BCUT2D eigenvalue weighted by molar-refractivity contribution is 5.79. The Bertz CT molecular complexity index is 843. The van der Waals surface area contributed by atoms with Crippen molar-refractivity contribution in [2.45, 2.75) is 26.6 Å². The Kier molecular flexibility index (Phi) is 6.18. The average molecular weight is 379 g/mol. The first-order chi connectivity index (χ1) is 13.1. The van der Waals surface area contributed by atoms with Crippen LogP contribution in [0.4, 0.5) is 13.2 Å². The molecule has 0 saturated heterocycles. The summed E-state index contributed by atoms with van der Waals surface area (Å²) in [6.07, 6.45) is 0. The lowest BCUT2D eigenvalue weighted by atomic mass is 10.1. The topological polar surface area (TPSA) is 54.9 Å². The van der Waals surface area contributed by atoms with Gasteiger partial charge < -0.3 is 20.1 Å². The van der Waals surface area contributed by atoms with E-state index in [1.165, 1.54) is 18.2 Å². The van der Waals surface area contributed by atoms with Crippen LogP contribution in [-0.4, -0.2) is 19.3 Å². The van der Waals surface area contributed by atoms with Crippen molar-refractivity contribution in [1.29, 1.82) is 0 Å². The van der Waals surface area contributed by atoms with Gasteiger partial charge in [0.15, 0.2) is 24.4 Å². The second-order valence-corrected chi connectivity index (χ2v) is 5.96. The van der Waals surface area contributed by atoms with E-state index in [9.17, 15) is 13.2 Å². The van der Waals surface area contributed by atoms with E-state index < -0.39 is 11.6 Å². The van der Waals surface area contributed by atoms with Crippen LogP contribution in [0.15, 0.2) is 35.3 Å². The molecule has 144 valence electrons. The molecule has 8 heteroatoms. The molecule has 1 heterocycles. The lowest BCUT2D eigenvalue weighted by molar-refractivity contribution is -0.0172. The maximum absolute atomic E-state index is 13.8. The smallest absolute Gasteiger partial charge is 0.191 e. The zero-order valence-corrected chi connectivity index (χ0v) is 14.8. The first-order valence-electron chi connectivity index (χ1n) is 8.54. The van der Waals surface area contributed by atoms with Gasteiger partial charge in [0.25, 0.3) is 0 Å². The average Bonchev–Trinajstić information content (AvgIpc) is 2.66. The second-order valence-electron chi connectivity index (χ2n) is 5.96. The Morgan fingerprint density at radius 1 is 1.11 bits per heavy atom. The van der Waals surface area contributed by atoms with Gasteiger partial charge in [-0.15, -0.1) is 0 Å². The van der Waals surface area contributed by atoms with Crippen LogP contribution in [-0.2, 0) is 24.4 Å². The molecule has 27 heavy (non-hydrogen) atoms. The first kappa shape index (κ1) is 19.0. The Hall–Kier alpha value is -2.74. The number of nitrogens with one attached hydrogen (secondary N) is 2. The van der Waals surface area contributed by atoms with Gasteiger partial charge in [0, 0.05) is 24.2 Å². The van der Waals surface area contributed by atoms with Crippen LogP contribution < -0.4 is 15.4 Å². The molecule has 2 N–H and O–H groups in total. The number of hydrogen-bond acceptors (Lipinski definition) is 3. The standard InChI is InChI=1S/C19H20F3N3O2/c1-2-23-19(24-8-12-3-4-16(21)17(22)5-12)25-9-13-6-15(20)7-14-10-26-11-27-18(13)14/h3-7H,2,8-11H2,1H3,(H2,23,24,25). The maximum Gasteiger partial charge on any atom is 0.191 e. The minimum absolute atomic E-state index is 0.121. The van der Waals surface area contributed by atoms with Crippen LogP contribution in [0.25, 0.3) is 0 Å². The van der Waals surface area contributed by atoms with Crippen molar-refractivity contribution >= 4 is 5.96 Å². The SMILES string of the molecule is CCNC(=NCc1ccc(F)c(F)c1)NCc1cc(F)cc2c1OCOC2. The number of aliphatic imine (C=N–C) groups is 1. The fourth-order valence-corrected chi connectivity index (χ4v) is 2.72. The number of ether oxygens (including phenoxy) is 2. The number of fused-ring (bicyclic) bond motifs is 1.